The molecular formula is C18H16ClN3O4. The number of halogens is 1. The second-order valence-corrected chi connectivity index (χ2v) is 7.28. The maximum Gasteiger partial charge on any atom is 0.250 e. The van der Waals surface area contributed by atoms with Crippen LogP contribution in [0.1, 0.15) is 16.8 Å². The van der Waals surface area contributed by atoms with Gasteiger partial charge in [-0.05, 0) is 36.5 Å². The smallest absolute Gasteiger partial charge is 0.250 e. The Bertz CT molecular complexity index is 851. The minimum absolute atomic E-state index is 0.106. The third kappa shape index (κ3) is 2.50. The fourth-order valence-electron chi connectivity index (χ4n) is 4.26. The Hall–Kier alpha value is -2.67. The van der Waals surface area contributed by atoms with Crippen molar-refractivity contribution in [3.05, 3.63) is 40.9 Å². The quantitative estimate of drug-likeness (QED) is 0.610. The van der Waals surface area contributed by atoms with Crippen molar-refractivity contribution in [3.8, 4) is 0 Å². The number of primary amides is 1. The molecular weight excluding hydrogens is 358 g/mol. The second-order valence-electron chi connectivity index (χ2n) is 6.87. The maximum atomic E-state index is 12.6. The molecule has 26 heavy (non-hydrogen) atoms. The van der Waals surface area contributed by atoms with Crippen LogP contribution in [0.15, 0.2) is 30.4 Å². The normalized spacial score (nSPS) is 28.6. The number of rotatable bonds is 4. The summed E-state index contributed by atoms with van der Waals surface area (Å²) in [5.41, 5.74) is 5.68. The van der Waals surface area contributed by atoms with Crippen molar-refractivity contribution in [1.29, 1.82) is 0 Å². The number of nitrogens with one attached hydrogen (secondary N) is 1. The summed E-state index contributed by atoms with van der Waals surface area (Å²) in [4.78, 5) is 49.6. The van der Waals surface area contributed by atoms with E-state index in [2.05, 4.69) is 5.32 Å². The fourth-order valence-corrected chi connectivity index (χ4v) is 4.53. The van der Waals surface area contributed by atoms with E-state index in [1.54, 1.807) is 0 Å². The number of hydrogen-bond donors (Lipinski definition) is 2. The Morgan fingerprint density at radius 1 is 1.15 bits per heavy atom. The fraction of sp³-hybridized carbons (Fsp3) is 0.333. The third-order valence-electron chi connectivity index (χ3n) is 5.38. The van der Waals surface area contributed by atoms with Crippen LogP contribution in [0.4, 0.5) is 5.69 Å². The largest absolute Gasteiger partial charge is 0.366 e. The van der Waals surface area contributed by atoms with Crippen LogP contribution >= 0.6 is 11.6 Å². The van der Waals surface area contributed by atoms with Crippen molar-refractivity contribution in [3.63, 3.8) is 0 Å². The predicted octanol–water partition coefficient (Wildman–Crippen LogP) is 1.18. The van der Waals surface area contributed by atoms with Gasteiger partial charge in [0.2, 0.25) is 23.6 Å². The molecule has 4 rings (SSSR count). The van der Waals surface area contributed by atoms with Crippen LogP contribution in [0.25, 0.3) is 0 Å². The van der Waals surface area contributed by atoms with E-state index in [4.69, 9.17) is 17.3 Å². The molecule has 0 radical (unpaired) electrons. The first-order chi connectivity index (χ1) is 12.4. The SMILES string of the molecule is NC(=O)c1ccc(NC(=O)CN2C(=O)C3C4C=CC(C4)C3C2=O)cc1Cl. The number of hydrogen-bond acceptors (Lipinski definition) is 4. The van der Waals surface area contributed by atoms with Gasteiger partial charge in [-0.25, -0.2) is 0 Å². The van der Waals surface area contributed by atoms with Gasteiger partial charge >= 0.3 is 0 Å². The van der Waals surface area contributed by atoms with Gasteiger partial charge in [0.1, 0.15) is 6.54 Å². The molecule has 0 spiro atoms. The van der Waals surface area contributed by atoms with E-state index in [9.17, 15) is 19.2 Å². The Balaban J connectivity index is 1.44. The van der Waals surface area contributed by atoms with Crippen molar-refractivity contribution < 1.29 is 19.2 Å². The van der Waals surface area contributed by atoms with Gasteiger partial charge in [0.25, 0.3) is 0 Å². The van der Waals surface area contributed by atoms with E-state index < -0.39 is 11.8 Å². The zero-order valence-corrected chi connectivity index (χ0v) is 14.4. The van der Waals surface area contributed by atoms with Gasteiger partial charge in [-0.2, -0.15) is 0 Å². The Kier molecular flexibility index (Phi) is 3.84. The minimum Gasteiger partial charge on any atom is -0.366 e. The molecule has 0 aromatic heterocycles. The molecule has 1 aliphatic heterocycles. The zero-order chi connectivity index (χ0) is 18.6. The van der Waals surface area contributed by atoms with Crippen LogP contribution in [-0.2, 0) is 14.4 Å². The first-order valence-corrected chi connectivity index (χ1v) is 8.67. The number of anilines is 1. The molecule has 3 N–H and O–H groups in total. The molecule has 1 saturated carbocycles. The molecule has 1 heterocycles. The number of allylic oxidation sites excluding steroid dienone is 2. The van der Waals surface area contributed by atoms with Crippen molar-refractivity contribution in [2.45, 2.75) is 6.42 Å². The van der Waals surface area contributed by atoms with Gasteiger partial charge in [-0.1, -0.05) is 23.8 Å². The van der Waals surface area contributed by atoms with Crippen LogP contribution in [-0.4, -0.2) is 35.1 Å². The van der Waals surface area contributed by atoms with E-state index >= 15 is 0 Å². The molecule has 2 fully saturated rings. The number of amides is 4. The summed E-state index contributed by atoms with van der Waals surface area (Å²) in [7, 11) is 0. The van der Waals surface area contributed by atoms with Crippen LogP contribution in [0, 0.1) is 23.7 Å². The average molecular weight is 374 g/mol. The molecule has 3 aliphatic rings. The van der Waals surface area contributed by atoms with Gasteiger partial charge in [0, 0.05) is 5.69 Å². The first-order valence-electron chi connectivity index (χ1n) is 8.29. The first kappa shape index (κ1) is 16.8. The van der Waals surface area contributed by atoms with E-state index in [0.29, 0.717) is 5.69 Å². The number of likely N-dealkylation sites (tertiary alicyclic amines) is 1. The molecule has 1 aromatic rings. The lowest BCUT2D eigenvalue weighted by atomic mass is 9.85. The summed E-state index contributed by atoms with van der Waals surface area (Å²) in [6.07, 6.45) is 4.85. The minimum atomic E-state index is -0.670. The van der Waals surface area contributed by atoms with Gasteiger partial charge in [-0.15, -0.1) is 0 Å². The number of fused-ring (bicyclic) bond motifs is 5. The summed E-state index contributed by atoms with van der Waals surface area (Å²) >= 11 is 5.95. The van der Waals surface area contributed by atoms with Gasteiger partial charge in [0.05, 0.1) is 22.4 Å². The van der Waals surface area contributed by atoms with E-state index in [0.717, 1.165) is 11.3 Å². The summed E-state index contributed by atoms with van der Waals surface area (Å²) in [6.45, 7) is -0.334. The molecule has 1 aromatic carbocycles. The Morgan fingerprint density at radius 3 is 2.31 bits per heavy atom. The predicted molar refractivity (Wildman–Crippen MR) is 93.0 cm³/mol. The molecule has 4 atom stereocenters. The van der Waals surface area contributed by atoms with Crippen molar-refractivity contribution >= 4 is 40.9 Å². The van der Waals surface area contributed by atoms with Gasteiger partial charge in [-0.3, -0.25) is 24.1 Å². The summed E-state index contributed by atoms with van der Waals surface area (Å²) in [6, 6.07) is 4.28. The van der Waals surface area contributed by atoms with Crippen LogP contribution in [0.3, 0.4) is 0 Å². The van der Waals surface area contributed by atoms with Crippen LogP contribution in [0.2, 0.25) is 5.02 Å². The number of benzene rings is 1. The lowest BCUT2D eigenvalue weighted by Crippen LogP contribution is -2.39. The Morgan fingerprint density at radius 2 is 1.77 bits per heavy atom. The maximum absolute atomic E-state index is 12.6. The van der Waals surface area contributed by atoms with Gasteiger partial charge in [0.15, 0.2) is 0 Å². The molecule has 2 aliphatic carbocycles. The van der Waals surface area contributed by atoms with Crippen LogP contribution in [0.5, 0.6) is 0 Å². The standard InChI is InChI=1S/C18H16ClN3O4/c19-12-6-10(3-4-11(12)16(20)24)21-13(23)7-22-17(25)14-8-1-2-9(5-8)15(14)18(22)26/h1-4,6,8-9,14-15H,5,7H2,(H2,20,24)(H,21,23). The molecule has 4 amide bonds. The highest BCUT2D eigenvalue weighted by Crippen LogP contribution is 2.52. The molecule has 7 nitrogen and oxygen atoms in total. The number of nitrogens with two attached hydrogens (primary N) is 1. The monoisotopic (exact) mass is 373 g/mol. The highest BCUT2D eigenvalue weighted by atomic mass is 35.5. The number of imide groups is 1. The highest BCUT2D eigenvalue weighted by Gasteiger charge is 2.59. The average Bonchev–Trinajstić information content (AvgIpc) is 3.24. The van der Waals surface area contributed by atoms with Crippen LogP contribution < -0.4 is 11.1 Å². The molecule has 8 heteroatoms. The lowest BCUT2D eigenvalue weighted by Gasteiger charge is -2.17. The number of carbonyl (C=O) groups is 4. The summed E-state index contributed by atoms with van der Waals surface area (Å²) < 4.78 is 0. The van der Waals surface area contributed by atoms with Crippen molar-refractivity contribution in [2.24, 2.45) is 29.4 Å². The molecule has 2 bridgehead atoms. The highest BCUT2D eigenvalue weighted by molar-refractivity contribution is 6.34. The van der Waals surface area contributed by atoms with Gasteiger partial charge < -0.3 is 11.1 Å². The van der Waals surface area contributed by atoms with E-state index in [1.165, 1.54) is 18.2 Å². The summed E-state index contributed by atoms with van der Waals surface area (Å²) in [5.74, 6) is -2.15. The molecule has 1 saturated heterocycles. The lowest BCUT2D eigenvalue weighted by molar-refractivity contribution is -0.143. The summed E-state index contributed by atoms with van der Waals surface area (Å²) in [5, 5.41) is 2.70. The number of carbonyl (C=O) groups excluding carboxylic acids is 4. The number of nitrogens with zero attached hydrogens (tertiary/aromatic N) is 1. The molecule has 134 valence electrons. The topological polar surface area (TPSA) is 110 Å². The van der Waals surface area contributed by atoms with E-state index in [-0.39, 0.29) is 52.6 Å². The zero-order valence-electron chi connectivity index (χ0n) is 13.6. The third-order valence-corrected chi connectivity index (χ3v) is 5.69. The Labute approximate surface area is 154 Å². The van der Waals surface area contributed by atoms with E-state index in [1.807, 2.05) is 12.2 Å². The van der Waals surface area contributed by atoms with Crippen molar-refractivity contribution in [2.75, 3.05) is 11.9 Å². The second kappa shape index (κ2) is 5.95. The molecule has 4 unspecified atom stereocenters. The van der Waals surface area contributed by atoms with Crippen molar-refractivity contribution in [1.82, 2.24) is 4.90 Å².